The molecule has 3 rings (SSSR count). The van der Waals surface area contributed by atoms with E-state index in [-0.39, 0.29) is 40.1 Å². The van der Waals surface area contributed by atoms with Crippen LogP contribution in [0.4, 0.5) is 16.3 Å². The fraction of sp³-hybridized carbons (Fsp3) is 0.286. The molecule has 0 aliphatic rings. The number of aryl methyl sites for hydroxylation is 1. The van der Waals surface area contributed by atoms with Gasteiger partial charge in [-0.05, 0) is 50.5 Å². The minimum atomic E-state index is -1.10. The average molecular weight is 609 g/mol. The van der Waals surface area contributed by atoms with Crippen LogP contribution in [0.3, 0.4) is 0 Å². The molecule has 5 N–H and O–H groups in total. The third-order valence-corrected chi connectivity index (χ3v) is 6.17. The number of carbonyl (C=O) groups excluding carboxylic acids is 5. The number of amides is 4. The zero-order chi connectivity index (χ0) is 32.2. The number of anilines is 2. The number of hydrogen-bond acceptors (Lipinski definition) is 10. The molecule has 2 aromatic heterocycles. The van der Waals surface area contributed by atoms with Gasteiger partial charge in [-0.25, -0.2) is 19.5 Å². The van der Waals surface area contributed by atoms with E-state index in [0.29, 0.717) is 30.4 Å². The van der Waals surface area contributed by atoms with Gasteiger partial charge in [-0.1, -0.05) is 18.1 Å². The van der Waals surface area contributed by atoms with Crippen molar-refractivity contribution in [2.75, 3.05) is 23.6 Å². The van der Waals surface area contributed by atoms with Gasteiger partial charge >= 0.3 is 12.1 Å². The molecule has 1 aromatic carbocycles. The topological polar surface area (TPSA) is 221 Å². The first-order chi connectivity index (χ1) is 21.1. The molecule has 0 radical (unpaired) electrons. The van der Waals surface area contributed by atoms with Crippen molar-refractivity contribution in [2.24, 2.45) is 4.99 Å². The van der Waals surface area contributed by atoms with Gasteiger partial charge in [-0.2, -0.15) is 0 Å². The number of hydrogen-bond donors (Lipinski definition) is 5. The van der Waals surface area contributed by atoms with Crippen LogP contribution in [-0.2, 0) is 19.1 Å². The predicted molar refractivity (Wildman–Crippen MR) is 158 cm³/mol. The fourth-order valence-electron chi connectivity index (χ4n) is 3.85. The van der Waals surface area contributed by atoms with Gasteiger partial charge in [0.25, 0.3) is 11.8 Å². The van der Waals surface area contributed by atoms with Crippen molar-refractivity contribution in [3.05, 3.63) is 64.7 Å². The first-order valence-corrected chi connectivity index (χ1v) is 13.3. The van der Waals surface area contributed by atoms with Crippen LogP contribution in [0, 0.1) is 19.3 Å². The number of ether oxygens (including phenoxy) is 2. The second-order valence-corrected chi connectivity index (χ2v) is 9.21. The fourth-order valence-corrected chi connectivity index (χ4v) is 3.85. The van der Waals surface area contributed by atoms with E-state index in [1.54, 1.807) is 19.9 Å². The molecule has 1 unspecified atom stereocenters. The van der Waals surface area contributed by atoms with Crippen LogP contribution in [0.1, 0.15) is 57.8 Å². The van der Waals surface area contributed by atoms with E-state index in [2.05, 4.69) is 31.1 Å². The van der Waals surface area contributed by atoms with Gasteiger partial charge in [0, 0.05) is 24.4 Å². The van der Waals surface area contributed by atoms with Gasteiger partial charge in [-0.3, -0.25) is 19.8 Å². The lowest BCUT2D eigenvalue weighted by Gasteiger charge is -2.25. The highest BCUT2D eigenvalue weighted by Gasteiger charge is 2.30. The van der Waals surface area contributed by atoms with Crippen molar-refractivity contribution in [1.29, 1.82) is 5.41 Å². The Morgan fingerprint density at radius 3 is 2.61 bits per heavy atom. The number of amidine groups is 1. The highest BCUT2D eigenvalue weighted by molar-refractivity contribution is 6.24. The van der Waals surface area contributed by atoms with Crippen LogP contribution in [0.2, 0.25) is 0 Å². The second-order valence-electron chi connectivity index (χ2n) is 9.21. The van der Waals surface area contributed by atoms with E-state index in [4.69, 9.17) is 19.4 Å². The number of rotatable bonds is 13. The Morgan fingerprint density at radius 2 is 1.95 bits per heavy atom. The first kappa shape index (κ1) is 32.7. The minimum Gasteiger partial charge on any atom is -0.426 e. The van der Waals surface area contributed by atoms with Crippen molar-refractivity contribution in [3.8, 4) is 0 Å². The Kier molecular flexibility index (Phi) is 11.5. The molecule has 16 heteroatoms. The number of H-pyrrole nitrogens is 1. The molecule has 3 aromatic rings. The lowest BCUT2D eigenvalue weighted by Crippen LogP contribution is -2.40. The van der Waals surface area contributed by atoms with E-state index in [9.17, 15) is 24.0 Å². The summed E-state index contributed by atoms with van der Waals surface area (Å²) < 4.78 is 14.9. The van der Waals surface area contributed by atoms with Crippen molar-refractivity contribution in [3.63, 3.8) is 0 Å². The monoisotopic (exact) mass is 608 g/mol. The third-order valence-electron chi connectivity index (χ3n) is 6.17. The van der Waals surface area contributed by atoms with Crippen molar-refractivity contribution >= 4 is 54.0 Å². The lowest BCUT2D eigenvalue weighted by molar-refractivity contribution is -0.154. The first-order valence-electron chi connectivity index (χ1n) is 13.3. The van der Waals surface area contributed by atoms with E-state index < -0.39 is 30.8 Å². The van der Waals surface area contributed by atoms with Gasteiger partial charge in [-0.15, -0.1) is 0 Å². The van der Waals surface area contributed by atoms with Crippen LogP contribution in [0.5, 0.6) is 0 Å². The number of carbonyl (C=O) groups is 5. The van der Waals surface area contributed by atoms with Gasteiger partial charge in [0.2, 0.25) is 13.2 Å². The zero-order valence-electron chi connectivity index (χ0n) is 24.4. The highest BCUT2D eigenvalue weighted by atomic mass is 16.7. The Hall–Kier alpha value is -5.80. The minimum absolute atomic E-state index is 0.114. The summed E-state index contributed by atoms with van der Waals surface area (Å²) in [6.07, 6.45) is 3.36. The number of aromatic nitrogens is 2. The summed E-state index contributed by atoms with van der Waals surface area (Å²) in [4.78, 5) is 70.1. The Bertz CT molecular complexity index is 1550. The molecule has 16 nitrogen and oxygen atoms in total. The average Bonchev–Trinajstić information content (AvgIpc) is 3.65. The quantitative estimate of drug-likeness (QED) is 0.0632. The summed E-state index contributed by atoms with van der Waals surface area (Å²) >= 11 is 0. The molecule has 0 fully saturated rings. The standard InChI is InChI=1S/C28H32N8O8/c1-5-9-30-26(39)20-12-31-23(17(20)3)24(32-13-29)36(28(41)43-15-42-27(40)18(4)33-14-37)21-11-19(7-6-16(21)2)25(38)34-22-8-10-44-35-22/h6-8,10-14,18,29,31H,5,9,15H2,1-4H3,(H,30,39)(H,33,37)(H,34,35,38). The highest BCUT2D eigenvalue weighted by Crippen LogP contribution is 2.27. The molecule has 0 aliphatic heterocycles. The Morgan fingerprint density at radius 1 is 1.18 bits per heavy atom. The number of nitrogens with one attached hydrogen (secondary N) is 5. The van der Waals surface area contributed by atoms with Crippen LogP contribution >= 0.6 is 0 Å². The largest absolute Gasteiger partial charge is 0.426 e. The Labute approximate surface area is 251 Å². The molecule has 0 spiro atoms. The molecule has 4 amide bonds. The molecular formula is C28H32N8O8. The van der Waals surface area contributed by atoms with Crippen LogP contribution < -0.4 is 20.9 Å². The smallest absolute Gasteiger partial charge is 0.423 e. The van der Waals surface area contributed by atoms with E-state index in [0.717, 1.165) is 11.3 Å². The number of aliphatic imine (C=N–C) groups is 1. The summed E-state index contributed by atoms with van der Waals surface area (Å²) in [6.45, 7) is 6.19. The van der Waals surface area contributed by atoms with Gasteiger partial charge in [0.1, 0.15) is 18.6 Å². The number of aromatic amines is 1. The SMILES string of the molecule is CCCNC(=O)c1c[nH]c(C(=NC=N)N(C(=O)OCOC(=O)C(C)NC=O)c2cc(C(=O)Nc3ccon3)ccc2C)c1C. The van der Waals surface area contributed by atoms with Gasteiger partial charge < -0.3 is 34.9 Å². The molecule has 232 valence electrons. The van der Waals surface area contributed by atoms with Crippen molar-refractivity contribution in [1.82, 2.24) is 20.8 Å². The summed E-state index contributed by atoms with van der Waals surface area (Å²) in [5.41, 5.74) is 1.62. The van der Waals surface area contributed by atoms with Crippen LogP contribution in [0.25, 0.3) is 0 Å². The maximum Gasteiger partial charge on any atom is 0.423 e. The van der Waals surface area contributed by atoms with Crippen LogP contribution in [0.15, 0.2) is 46.2 Å². The molecule has 2 heterocycles. The lowest BCUT2D eigenvalue weighted by atomic mass is 10.1. The third kappa shape index (κ3) is 7.93. The zero-order valence-corrected chi connectivity index (χ0v) is 24.4. The number of benzene rings is 1. The molecule has 0 bridgehead atoms. The molecule has 0 aliphatic carbocycles. The Balaban J connectivity index is 2.05. The predicted octanol–water partition coefficient (Wildman–Crippen LogP) is 2.64. The second kappa shape index (κ2) is 15.4. The number of nitrogens with zero attached hydrogens (tertiary/aromatic N) is 3. The summed E-state index contributed by atoms with van der Waals surface area (Å²) in [7, 11) is 0. The number of esters is 1. The molecule has 0 saturated carbocycles. The molecular weight excluding hydrogens is 576 g/mol. The maximum atomic E-state index is 13.7. The maximum absolute atomic E-state index is 13.7. The molecule has 1 atom stereocenters. The van der Waals surface area contributed by atoms with Gasteiger partial charge in [0.05, 0.1) is 16.9 Å². The summed E-state index contributed by atoms with van der Waals surface area (Å²) in [5.74, 6) is -1.79. The van der Waals surface area contributed by atoms with E-state index in [1.807, 2.05) is 6.92 Å². The van der Waals surface area contributed by atoms with Crippen molar-refractivity contribution in [2.45, 2.75) is 40.2 Å². The summed E-state index contributed by atoms with van der Waals surface area (Å²) in [5, 5.41) is 18.9. The summed E-state index contributed by atoms with van der Waals surface area (Å²) in [6, 6.07) is 4.93. The van der Waals surface area contributed by atoms with Crippen molar-refractivity contribution < 1.29 is 38.0 Å². The molecule has 0 saturated heterocycles. The normalized spacial score (nSPS) is 11.6. The van der Waals surface area contributed by atoms with E-state index in [1.165, 1.54) is 37.6 Å². The van der Waals surface area contributed by atoms with Gasteiger partial charge in [0.15, 0.2) is 11.7 Å². The molecule has 44 heavy (non-hydrogen) atoms. The van der Waals surface area contributed by atoms with E-state index >= 15 is 0 Å². The van der Waals surface area contributed by atoms with Crippen LogP contribution in [-0.4, -0.2) is 72.0 Å².